The zero-order valence-electron chi connectivity index (χ0n) is 20.9. The molecule has 39 heavy (non-hydrogen) atoms. The van der Waals surface area contributed by atoms with E-state index in [1.807, 2.05) is 29.8 Å². The van der Waals surface area contributed by atoms with Crippen LogP contribution >= 0.6 is 11.3 Å². The van der Waals surface area contributed by atoms with Gasteiger partial charge in [-0.05, 0) is 59.7 Å². The summed E-state index contributed by atoms with van der Waals surface area (Å²) in [7, 11) is 0. The Bertz CT molecular complexity index is 2220. The minimum atomic E-state index is 1.12. The lowest BCUT2D eigenvalue weighted by Crippen LogP contribution is -2.18. The van der Waals surface area contributed by atoms with Crippen LogP contribution in [-0.2, 0) is 0 Å². The molecular formula is C35H21N3S. The summed E-state index contributed by atoms with van der Waals surface area (Å²) >= 11 is 1.88. The molecule has 5 aromatic carbocycles. The minimum absolute atomic E-state index is 1.12. The summed E-state index contributed by atoms with van der Waals surface area (Å²) in [5.74, 6) is 0. The van der Waals surface area contributed by atoms with Gasteiger partial charge in [-0.2, -0.15) is 0 Å². The lowest BCUT2D eigenvalue weighted by molar-refractivity contribution is 1.12. The topological polar surface area (TPSA) is 21.1 Å². The summed E-state index contributed by atoms with van der Waals surface area (Å²) in [6, 6.07) is 41.9. The first-order valence-corrected chi connectivity index (χ1v) is 14.0. The van der Waals surface area contributed by atoms with Crippen LogP contribution in [0.5, 0.6) is 0 Å². The second-order valence-corrected chi connectivity index (χ2v) is 11.1. The first-order valence-electron chi connectivity index (χ1n) is 13.1. The largest absolute Gasteiger partial charge is 0.306 e. The van der Waals surface area contributed by atoms with Crippen molar-refractivity contribution in [3.8, 4) is 16.8 Å². The predicted octanol–water partition coefficient (Wildman–Crippen LogP) is 10.00. The smallest absolute Gasteiger partial charge is 0.0783 e. The normalized spacial score (nSPS) is 12.6. The van der Waals surface area contributed by atoms with Crippen LogP contribution in [0.3, 0.4) is 0 Å². The Labute approximate surface area is 228 Å². The molecule has 1 aliphatic heterocycles. The number of anilines is 3. The Hall–Kier alpha value is -4.93. The van der Waals surface area contributed by atoms with Gasteiger partial charge in [0.1, 0.15) is 0 Å². The van der Waals surface area contributed by atoms with E-state index in [4.69, 9.17) is 0 Å². The van der Waals surface area contributed by atoms with Gasteiger partial charge in [-0.1, -0.05) is 66.7 Å². The highest BCUT2D eigenvalue weighted by Gasteiger charge is 2.29. The molecule has 3 aromatic heterocycles. The third-order valence-electron chi connectivity index (χ3n) is 7.99. The number of benzene rings is 5. The maximum atomic E-state index is 4.30. The van der Waals surface area contributed by atoms with Crippen molar-refractivity contribution >= 4 is 70.4 Å². The number of rotatable bonds is 2. The Balaban J connectivity index is 1.38. The minimum Gasteiger partial charge on any atom is -0.306 e. The van der Waals surface area contributed by atoms with Crippen LogP contribution in [0, 0.1) is 0 Å². The molecule has 0 saturated heterocycles. The molecule has 0 fully saturated rings. The monoisotopic (exact) mass is 515 g/mol. The zero-order valence-corrected chi connectivity index (χ0v) is 21.7. The van der Waals surface area contributed by atoms with Crippen LogP contribution in [0.1, 0.15) is 0 Å². The van der Waals surface area contributed by atoms with E-state index in [2.05, 4.69) is 124 Å². The fourth-order valence-electron chi connectivity index (χ4n) is 6.35. The van der Waals surface area contributed by atoms with E-state index in [1.54, 1.807) is 0 Å². The van der Waals surface area contributed by atoms with Gasteiger partial charge in [0.05, 0.1) is 28.1 Å². The van der Waals surface area contributed by atoms with E-state index in [-0.39, 0.29) is 0 Å². The fourth-order valence-corrected chi connectivity index (χ4v) is 7.46. The number of para-hydroxylation sites is 3. The van der Waals surface area contributed by atoms with Gasteiger partial charge in [0.15, 0.2) is 0 Å². The van der Waals surface area contributed by atoms with Crippen LogP contribution in [0.2, 0.25) is 0 Å². The molecule has 0 radical (unpaired) electrons. The number of hydrogen-bond acceptors (Lipinski definition) is 3. The van der Waals surface area contributed by atoms with Crippen LogP contribution in [0.15, 0.2) is 128 Å². The first kappa shape index (κ1) is 21.1. The highest BCUT2D eigenvalue weighted by molar-refractivity contribution is 7.26. The highest BCUT2D eigenvalue weighted by atomic mass is 32.1. The van der Waals surface area contributed by atoms with Crippen molar-refractivity contribution in [2.75, 3.05) is 4.90 Å². The molecule has 4 heterocycles. The number of aromatic nitrogens is 2. The predicted molar refractivity (Wildman–Crippen MR) is 165 cm³/mol. The molecule has 0 amide bonds. The number of fused-ring (bicyclic) bond motifs is 9. The van der Waals surface area contributed by atoms with Crippen molar-refractivity contribution in [2.24, 2.45) is 0 Å². The second-order valence-electron chi connectivity index (χ2n) is 10.1. The number of pyridine rings is 1. The molecule has 0 atom stereocenters. The van der Waals surface area contributed by atoms with Gasteiger partial charge in [0.2, 0.25) is 0 Å². The summed E-state index contributed by atoms with van der Waals surface area (Å²) in [6.07, 6.45) is 3.73. The molecular weight excluding hydrogens is 494 g/mol. The molecule has 1 aliphatic rings. The molecule has 3 nitrogen and oxygen atoms in total. The lowest BCUT2D eigenvalue weighted by Gasteiger charge is -2.33. The lowest BCUT2D eigenvalue weighted by atomic mass is 10.0. The van der Waals surface area contributed by atoms with Gasteiger partial charge in [-0.3, -0.25) is 4.98 Å². The van der Waals surface area contributed by atoms with E-state index in [0.717, 1.165) is 16.8 Å². The van der Waals surface area contributed by atoms with Crippen LogP contribution in [0.4, 0.5) is 17.1 Å². The summed E-state index contributed by atoms with van der Waals surface area (Å²) in [4.78, 5) is 6.71. The Kier molecular flexibility index (Phi) is 4.21. The van der Waals surface area contributed by atoms with E-state index in [9.17, 15) is 0 Å². The summed E-state index contributed by atoms with van der Waals surface area (Å²) in [5, 5.41) is 5.26. The molecule has 182 valence electrons. The van der Waals surface area contributed by atoms with E-state index in [0.29, 0.717) is 0 Å². The summed E-state index contributed by atoms with van der Waals surface area (Å²) in [5.41, 5.74) is 9.57. The molecule has 8 aromatic rings. The molecule has 4 heteroatoms. The average molecular weight is 516 g/mol. The first-order chi connectivity index (χ1) is 19.4. The maximum absolute atomic E-state index is 4.30. The van der Waals surface area contributed by atoms with Crippen LogP contribution in [0.25, 0.3) is 58.8 Å². The van der Waals surface area contributed by atoms with Crippen molar-refractivity contribution < 1.29 is 0 Å². The van der Waals surface area contributed by atoms with Gasteiger partial charge in [-0.25, -0.2) is 0 Å². The molecule has 0 unspecified atom stereocenters. The SMILES string of the molecule is c1cncc(-c2ccc(N3c4ccccc4-n4c5c3cccc5c3ccc5sc6ccccc6c5c34)cc2)c1. The van der Waals surface area contributed by atoms with Crippen LogP contribution in [-0.4, -0.2) is 9.55 Å². The Morgan fingerprint density at radius 2 is 1.28 bits per heavy atom. The van der Waals surface area contributed by atoms with Crippen molar-refractivity contribution in [3.05, 3.63) is 128 Å². The van der Waals surface area contributed by atoms with Gasteiger partial charge in [-0.15, -0.1) is 11.3 Å². The highest BCUT2D eigenvalue weighted by Crippen LogP contribution is 2.51. The second kappa shape index (κ2) is 7.79. The molecule has 0 saturated carbocycles. The van der Waals surface area contributed by atoms with Crippen molar-refractivity contribution in [1.29, 1.82) is 0 Å². The standard InChI is InChI=1S/C35H21N3S/c1-4-13-31-27(8-1)33-32(39-31)19-18-26-25-9-5-12-30-34(25)38(35(26)33)29-11-3-2-10-28(29)37(30)24-16-14-22(15-17-24)23-7-6-20-36-21-23/h1-21H. The quantitative estimate of drug-likeness (QED) is 0.228. The third-order valence-corrected chi connectivity index (χ3v) is 9.13. The maximum Gasteiger partial charge on any atom is 0.0783 e. The Morgan fingerprint density at radius 3 is 2.15 bits per heavy atom. The Morgan fingerprint density at radius 1 is 0.513 bits per heavy atom. The molecule has 0 aliphatic carbocycles. The van der Waals surface area contributed by atoms with Crippen molar-refractivity contribution in [1.82, 2.24) is 9.55 Å². The molecule has 0 spiro atoms. The van der Waals surface area contributed by atoms with Gasteiger partial charge in [0.25, 0.3) is 0 Å². The summed E-state index contributed by atoms with van der Waals surface area (Å²) in [6.45, 7) is 0. The van der Waals surface area contributed by atoms with Crippen molar-refractivity contribution in [2.45, 2.75) is 0 Å². The molecule has 0 N–H and O–H groups in total. The molecule has 9 rings (SSSR count). The van der Waals surface area contributed by atoms with Gasteiger partial charge < -0.3 is 9.47 Å². The van der Waals surface area contributed by atoms with E-state index < -0.39 is 0 Å². The zero-order chi connectivity index (χ0) is 25.5. The average Bonchev–Trinajstić information content (AvgIpc) is 3.55. The number of nitrogens with zero attached hydrogens (tertiary/aromatic N) is 3. The van der Waals surface area contributed by atoms with Gasteiger partial charge in [0, 0.05) is 49.0 Å². The van der Waals surface area contributed by atoms with Crippen molar-refractivity contribution in [3.63, 3.8) is 0 Å². The van der Waals surface area contributed by atoms with E-state index >= 15 is 0 Å². The summed E-state index contributed by atoms with van der Waals surface area (Å²) < 4.78 is 5.17. The van der Waals surface area contributed by atoms with Gasteiger partial charge >= 0.3 is 0 Å². The van der Waals surface area contributed by atoms with E-state index in [1.165, 1.54) is 59.0 Å². The molecule has 0 bridgehead atoms. The third kappa shape index (κ3) is 2.84. The van der Waals surface area contributed by atoms with Crippen LogP contribution < -0.4 is 4.90 Å². The fraction of sp³-hybridized carbons (Fsp3) is 0. The number of thiophene rings is 1. The number of hydrogen-bond donors (Lipinski definition) is 0.